The van der Waals surface area contributed by atoms with Crippen molar-refractivity contribution in [1.29, 1.82) is 0 Å². The maximum absolute atomic E-state index is 12.8. The number of nitrogens with one attached hydrogen (secondary N) is 1. The average molecular weight is 490 g/mol. The molecule has 0 unspecified atom stereocenters. The molecule has 1 saturated heterocycles. The second-order valence-electron chi connectivity index (χ2n) is 8.28. The number of amides is 1. The monoisotopic (exact) mass is 489 g/mol. The molecule has 4 rings (SSSR count). The highest BCUT2D eigenvalue weighted by molar-refractivity contribution is 8.00. The predicted octanol–water partition coefficient (Wildman–Crippen LogP) is 5.06. The lowest BCUT2D eigenvalue weighted by Gasteiger charge is -2.17. The molecule has 1 amide bonds. The Morgan fingerprint density at radius 3 is 2.35 bits per heavy atom. The molecular formula is C24H26F3N5OS. The van der Waals surface area contributed by atoms with E-state index in [1.54, 1.807) is 6.92 Å². The van der Waals surface area contributed by atoms with Crippen LogP contribution in [-0.4, -0.2) is 43.9 Å². The fourth-order valence-electron chi connectivity index (χ4n) is 3.79. The average Bonchev–Trinajstić information content (AvgIpc) is 3.45. The summed E-state index contributed by atoms with van der Waals surface area (Å²) in [5.74, 6) is 0.531. The first-order valence-electron chi connectivity index (χ1n) is 11.1. The number of carbonyl (C=O) groups excluding carboxylic acids is 1. The van der Waals surface area contributed by atoms with Crippen molar-refractivity contribution in [2.24, 2.45) is 0 Å². The highest BCUT2D eigenvalue weighted by Gasteiger charge is 2.30. The fraction of sp³-hybridized carbons (Fsp3) is 0.375. The summed E-state index contributed by atoms with van der Waals surface area (Å²) in [6, 6.07) is 14.4. The van der Waals surface area contributed by atoms with Crippen LogP contribution in [0.1, 0.15) is 36.7 Å². The van der Waals surface area contributed by atoms with Crippen LogP contribution in [0.4, 0.5) is 18.9 Å². The molecule has 1 aliphatic rings. The SMILES string of the molecule is C[C@H](Sc1nnc(CN2CCCC2)n1Cc1ccccc1)C(=O)Nc1ccc(C(F)(F)F)cc1. The number of carbonyl (C=O) groups is 1. The number of thioether (sulfide) groups is 1. The summed E-state index contributed by atoms with van der Waals surface area (Å²) in [6.45, 7) is 5.10. The van der Waals surface area contributed by atoms with Crippen LogP contribution < -0.4 is 5.32 Å². The Bertz CT molecular complexity index is 1100. The number of likely N-dealkylation sites (tertiary alicyclic amines) is 1. The van der Waals surface area contributed by atoms with Crippen molar-refractivity contribution < 1.29 is 18.0 Å². The lowest BCUT2D eigenvalue weighted by Crippen LogP contribution is -2.24. The number of halogens is 3. The number of benzene rings is 2. The van der Waals surface area contributed by atoms with Crippen molar-refractivity contribution in [3.63, 3.8) is 0 Å². The van der Waals surface area contributed by atoms with Crippen LogP contribution in [-0.2, 0) is 24.1 Å². The molecule has 1 aliphatic heterocycles. The van der Waals surface area contributed by atoms with Crippen LogP contribution in [0.25, 0.3) is 0 Å². The molecule has 0 radical (unpaired) electrons. The summed E-state index contributed by atoms with van der Waals surface area (Å²) in [4.78, 5) is 15.1. The molecule has 34 heavy (non-hydrogen) atoms. The maximum atomic E-state index is 12.8. The van der Waals surface area contributed by atoms with Crippen LogP contribution in [0.3, 0.4) is 0 Å². The number of aromatic nitrogens is 3. The molecule has 0 saturated carbocycles. The number of rotatable bonds is 8. The Kier molecular flexibility index (Phi) is 7.57. The summed E-state index contributed by atoms with van der Waals surface area (Å²) in [7, 11) is 0. The van der Waals surface area contributed by atoms with Gasteiger partial charge in [-0.2, -0.15) is 13.2 Å². The molecular weight excluding hydrogens is 463 g/mol. The summed E-state index contributed by atoms with van der Waals surface area (Å²) in [6.07, 6.45) is -2.06. The standard InChI is InChI=1S/C24H26F3N5OS/c1-17(22(33)28-20-11-9-19(10-12-20)24(25,26)27)34-23-30-29-21(16-31-13-5-6-14-31)32(23)15-18-7-3-2-4-8-18/h2-4,7-12,17H,5-6,13-16H2,1H3,(H,28,33)/t17-/m0/s1. The van der Waals surface area contributed by atoms with E-state index in [9.17, 15) is 18.0 Å². The van der Waals surface area contributed by atoms with E-state index in [0.29, 0.717) is 23.9 Å². The lowest BCUT2D eigenvalue weighted by atomic mass is 10.2. The van der Waals surface area contributed by atoms with Gasteiger partial charge in [-0.1, -0.05) is 42.1 Å². The number of anilines is 1. The van der Waals surface area contributed by atoms with Gasteiger partial charge in [0.25, 0.3) is 0 Å². The molecule has 2 aromatic carbocycles. The first kappa shape index (κ1) is 24.3. The van der Waals surface area contributed by atoms with Gasteiger partial charge in [0.05, 0.1) is 23.9 Å². The van der Waals surface area contributed by atoms with E-state index >= 15 is 0 Å². The fourth-order valence-corrected chi connectivity index (χ4v) is 4.65. The van der Waals surface area contributed by atoms with E-state index < -0.39 is 17.0 Å². The zero-order valence-electron chi connectivity index (χ0n) is 18.8. The van der Waals surface area contributed by atoms with E-state index in [1.165, 1.54) is 36.7 Å². The molecule has 0 bridgehead atoms. The van der Waals surface area contributed by atoms with E-state index in [-0.39, 0.29) is 5.91 Å². The third-order valence-electron chi connectivity index (χ3n) is 5.67. The number of alkyl halides is 3. The van der Waals surface area contributed by atoms with Crippen molar-refractivity contribution in [3.05, 3.63) is 71.5 Å². The Hall–Kier alpha value is -2.85. The number of hydrogen-bond donors (Lipinski definition) is 1. The molecule has 0 spiro atoms. The van der Waals surface area contributed by atoms with Gasteiger partial charge in [0.2, 0.25) is 5.91 Å². The largest absolute Gasteiger partial charge is 0.416 e. The van der Waals surface area contributed by atoms with Crippen molar-refractivity contribution in [3.8, 4) is 0 Å². The van der Waals surface area contributed by atoms with Gasteiger partial charge in [-0.25, -0.2) is 0 Å². The molecule has 3 aromatic rings. The van der Waals surface area contributed by atoms with Crippen LogP contribution in [0.2, 0.25) is 0 Å². The van der Waals surface area contributed by atoms with Gasteiger partial charge in [0, 0.05) is 5.69 Å². The Morgan fingerprint density at radius 1 is 1.03 bits per heavy atom. The second kappa shape index (κ2) is 10.6. The minimum Gasteiger partial charge on any atom is -0.325 e. The Morgan fingerprint density at radius 2 is 1.71 bits per heavy atom. The number of nitrogens with zero attached hydrogens (tertiary/aromatic N) is 4. The van der Waals surface area contributed by atoms with Gasteiger partial charge in [0.1, 0.15) is 5.82 Å². The topological polar surface area (TPSA) is 63.1 Å². The zero-order chi connectivity index (χ0) is 24.1. The highest BCUT2D eigenvalue weighted by atomic mass is 32.2. The van der Waals surface area contributed by atoms with Crippen LogP contribution in [0, 0.1) is 0 Å². The first-order valence-corrected chi connectivity index (χ1v) is 12.0. The summed E-state index contributed by atoms with van der Waals surface area (Å²) in [5, 5.41) is 11.6. The van der Waals surface area contributed by atoms with Crippen molar-refractivity contribution in [2.75, 3.05) is 18.4 Å². The maximum Gasteiger partial charge on any atom is 0.416 e. The molecule has 1 aromatic heterocycles. The zero-order valence-corrected chi connectivity index (χ0v) is 19.6. The molecule has 6 nitrogen and oxygen atoms in total. The molecule has 180 valence electrons. The first-order chi connectivity index (χ1) is 16.3. The Balaban J connectivity index is 1.46. The molecule has 10 heteroatoms. The minimum atomic E-state index is -4.42. The third-order valence-corrected chi connectivity index (χ3v) is 6.75. The Labute approximate surface area is 200 Å². The van der Waals surface area contributed by atoms with E-state index in [0.717, 1.165) is 36.6 Å². The molecule has 0 aliphatic carbocycles. The van der Waals surface area contributed by atoms with Gasteiger partial charge >= 0.3 is 6.18 Å². The van der Waals surface area contributed by atoms with Crippen LogP contribution in [0.5, 0.6) is 0 Å². The summed E-state index contributed by atoms with van der Waals surface area (Å²) >= 11 is 1.28. The van der Waals surface area contributed by atoms with Gasteiger partial charge in [-0.3, -0.25) is 9.69 Å². The van der Waals surface area contributed by atoms with E-state index in [2.05, 4.69) is 20.4 Å². The lowest BCUT2D eigenvalue weighted by molar-refractivity contribution is -0.137. The van der Waals surface area contributed by atoms with Crippen molar-refractivity contribution >= 4 is 23.4 Å². The van der Waals surface area contributed by atoms with Gasteiger partial charge in [0.15, 0.2) is 5.16 Å². The van der Waals surface area contributed by atoms with E-state index in [1.807, 2.05) is 34.9 Å². The smallest absolute Gasteiger partial charge is 0.325 e. The van der Waals surface area contributed by atoms with E-state index in [4.69, 9.17) is 0 Å². The second-order valence-corrected chi connectivity index (χ2v) is 9.59. The van der Waals surface area contributed by atoms with Gasteiger partial charge < -0.3 is 9.88 Å². The minimum absolute atomic E-state index is 0.311. The van der Waals surface area contributed by atoms with Crippen molar-refractivity contribution in [2.45, 2.75) is 49.4 Å². The number of hydrogen-bond acceptors (Lipinski definition) is 5. The summed E-state index contributed by atoms with van der Waals surface area (Å²) < 4.78 is 40.3. The summed E-state index contributed by atoms with van der Waals surface area (Å²) in [5.41, 5.74) is 0.659. The highest BCUT2D eigenvalue weighted by Crippen LogP contribution is 2.30. The van der Waals surface area contributed by atoms with Gasteiger partial charge in [-0.05, 0) is 62.7 Å². The molecule has 2 heterocycles. The predicted molar refractivity (Wildman–Crippen MR) is 125 cm³/mol. The third kappa shape index (κ3) is 6.18. The van der Waals surface area contributed by atoms with Gasteiger partial charge in [-0.15, -0.1) is 10.2 Å². The van der Waals surface area contributed by atoms with Crippen LogP contribution >= 0.6 is 11.8 Å². The normalized spacial score (nSPS) is 15.4. The quantitative estimate of drug-likeness (QED) is 0.448. The van der Waals surface area contributed by atoms with Crippen LogP contribution in [0.15, 0.2) is 59.8 Å². The molecule has 1 fully saturated rings. The molecule has 1 N–H and O–H groups in total. The molecule has 1 atom stereocenters. The van der Waals surface area contributed by atoms with Crippen molar-refractivity contribution in [1.82, 2.24) is 19.7 Å².